The minimum Gasteiger partial charge on any atom is -0.321 e. The van der Waals surface area contributed by atoms with E-state index in [2.05, 4.69) is 36.8 Å². The SMILES string of the molecule is Cc1cc(-c2ccc(F)cc2Br)c(F)cc1C(=O)Nc1cnc(N/N=C\C=N)c(Cl)c1. The molecule has 0 atom stereocenters. The predicted molar refractivity (Wildman–Crippen MR) is 122 cm³/mol. The number of hydrogen-bond donors (Lipinski definition) is 3. The highest BCUT2D eigenvalue weighted by Crippen LogP contribution is 2.33. The lowest BCUT2D eigenvalue weighted by molar-refractivity contribution is 0.102. The van der Waals surface area contributed by atoms with E-state index in [-0.39, 0.29) is 22.0 Å². The molecule has 158 valence electrons. The molecule has 0 radical (unpaired) electrons. The molecule has 0 spiro atoms. The molecule has 0 aliphatic carbocycles. The van der Waals surface area contributed by atoms with Crippen molar-refractivity contribution in [2.45, 2.75) is 6.92 Å². The second-order valence-corrected chi connectivity index (χ2v) is 7.60. The van der Waals surface area contributed by atoms with Crippen LogP contribution in [0, 0.1) is 24.0 Å². The number of anilines is 2. The number of halogens is 4. The summed E-state index contributed by atoms with van der Waals surface area (Å²) in [6.45, 7) is 1.68. The van der Waals surface area contributed by atoms with E-state index in [0.29, 0.717) is 21.3 Å². The maximum Gasteiger partial charge on any atom is 0.256 e. The van der Waals surface area contributed by atoms with E-state index in [0.717, 1.165) is 12.3 Å². The number of rotatable bonds is 6. The van der Waals surface area contributed by atoms with Crippen LogP contribution in [0.15, 0.2) is 52.2 Å². The fraction of sp³-hybridized carbons (Fsp3) is 0.0476. The van der Waals surface area contributed by atoms with Crippen molar-refractivity contribution in [3.8, 4) is 11.1 Å². The first-order valence-electron chi connectivity index (χ1n) is 8.80. The number of hydrogen-bond acceptors (Lipinski definition) is 5. The largest absolute Gasteiger partial charge is 0.321 e. The Hall–Kier alpha value is -3.17. The quantitative estimate of drug-likeness (QED) is 0.281. The summed E-state index contributed by atoms with van der Waals surface area (Å²) >= 11 is 9.35. The van der Waals surface area contributed by atoms with Crippen LogP contribution in [0.5, 0.6) is 0 Å². The molecule has 6 nitrogen and oxygen atoms in total. The molecule has 2 aromatic carbocycles. The van der Waals surface area contributed by atoms with Gasteiger partial charge < -0.3 is 10.7 Å². The van der Waals surface area contributed by atoms with Crippen LogP contribution < -0.4 is 10.7 Å². The predicted octanol–water partition coefficient (Wildman–Crippen LogP) is 6.05. The molecule has 0 saturated heterocycles. The Labute approximate surface area is 190 Å². The smallest absolute Gasteiger partial charge is 0.256 e. The molecule has 0 fully saturated rings. The molecular weight excluding hydrogens is 492 g/mol. The molecule has 3 N–H and O–H groups in total. The van der Waals surface area contributed by atoms with Crippen LogP contribution in [0.3, 0.4) is 0 Å². The van der Waals surface area contributed by atoms with Crippen molar-refractivity contribution in [2.24, 2.45) is 5.10 Å². The summed E-state index contributed by atoms with van der Waals surface area (Å²) < 4.78 is 28.5. The first-order valence-corrected chi connectivity index (χ1v) is 9.98. The monoisotopic (exact) mass is 505 g/mol. The van der Waals surface area contributed by atoms with Crippen molar-refractivity contribution < 1.29 is 13.6 Å². The zero-order valence-corrected chi connectivity index (χ0v) is 18.4. The lowest BCUT2D eigenvalue weighted by atomic mass is 9.98. The van der Waals surface area contributed by atoms with E-state index >= 15 is 0 Å². The second kappa shape index (κ2) is 9.76. The highest BCUT2D eigenvalue weighted by atomic mass is 79.9. The van der Waals surface area contributed by atoms with Crippen LogP contribution in [-0.2, 0) is 0 Å². The van der Waals surface area contributed by atoms with Gasteiger partial charge in [0.2, 0.25) is 0 Å². The van der Waals surface area contributed by atoms with Crippen molar-refractivity contribution in [3.05, 3.63) is 74.9 Å². The first-order chi connectivity index (χ1) is 14.8. The van der Waals surface area contributed by atoms with Crippen LogP contribution in [0.4, 0.5) is 20.3 Å². The molecule has 10 heteroatoms. The summed E-state index contributed by atoms with van der Waals surface area (Å²) in [5, 5.41) is 13.4. The molecule has 1 amide bonds. The van der Waals surface area contributed by atoms with Gasteiger partial charge in [-0.3, -0.25) is 10.2 Å². The fourth-order valence-electron chi connectivity index (χ4n) is 2.76. The fourth-order valence-corrected chi connectivity index (χ4v) is 3.54. The number of amides is 1. The van der Waals surface area contributed by atoms with Gasteiger partial charge in [-0.25, -0.2) is 13.8 Å². The molecule has 0 aliphatic heterocycles. The van der Waals surface area contributed by atoms with Crippen LogP contribution in [0.25, 0.3) is 11.1 Å². The van der Waals surface area contributed by atoms with E-state index < -0.39 is 17.5 Å². The second-order valence-electron chi connectivity index (χ2n) is 6.34. The van der Waals surface area contributed by atoms with Gasteiger partial charge in [-0.15, -0.1) is 0 Å². The number of benzene rings is 2. The molecule has 0 aliphatic rings. The Morgan fingerprint density at radius 1 is 1.23 bits per heavy atom. The number of carbonyl (C=O) groups excluding carboxylic acids is 1. The third-order valence-electron chi connectivity index (χ3n) is 4.20. The summed E-state index contributed by atoms with van der Waals surface area (Å²) in [6, 6.07) is 8.07. The summed E-state index contributed by atoms with van der Waals surface area (Å²) in [4.78, 5) is 16.7. The van der Waals surface area contributed by atoms with E-state index in [9.17, 15) is 13.6 Å². The summed E-state index contributed by atoms with van der Waals surface area (Å²) in [5.41, 5.74) is 4.24. The van der Waals surface area contributed by atoms with Gasteiger partial charge in [-0.2, -0.15) is 5.10 Å². The number of aryl methyl sites for hydroxylation is 1. The average Bonchev–Trinajstić information content (AvgIpc) is 2.71. The van der Waals surface area contributed by atoms with E-state index in [1.807, 2.05) is 0 Å². The molecule has 0 saturated carbocycles. The summed E-state index contributed by atoms with van der Waals surface area (Å²) in [7, 11) is 0. The van der Waals surface area contributed by atoms with Gasteiger partial charge in [0.25, 0.3) is 5.91 Å². The number of hydrazone groups is 1. The van der Waals surface area contributed by atoms with Gasteiger partial charge in [0.15, 0.2) is 5.82 Å². The minimum absolute atomic E-state index is 0.133. The Balaban J connectivity index is 1.84. The van der Waals surface area contributed by atoms with E-state index in [1.54, 1.807) is 6.92 Å². The summed E-state index contributed by atoms with van der Waals surface area (Å²) in [6.07, 6.45) is 3.55. The summed E-state index contributed by atoms with van der Waals surface area (Å²) in [5.74, 6) is -1.36. The number of carbonyl (C=O) groups is 1. The van der Waals surface area contributed by atoms with E-state index in [1.165, 1.54) is 42.7 Å². The molecule has 1 heterocycles. The Kier molecular flexibility index (Phi) is 7.09. The number of nitrogens with zero attached hydrogens (tertiary/aromatic N) is 2. The topological polar surface area (TPSA) is 90.2 Å². The van der Waals surface area contributed by atoms with Gasteiger partial charge in [0.05, 0.1) is 23.1 Å². The highest BCUT2D eigenvalue weighted by Gasteiger charge is 2.17. The van der Waals surface area contributed by atoms with Crippen molar-refractivity contribution in [1.29, 1.82) is 5.41 Å². The maximum absolute atomic E-state index is 14.8. The third-order valence-corrected chi connectivity index (χ3v) is 5.14. The normalized spacial score (nSPS) is 10.9. The molecule has 0 unspecified atom stereocenters. The van der Waals surface area contributed by atoms with Gasteiger partial charge >= 0.3 is 0 Å². The number of aromatic nitrogens is 1. The van der Waals surface area contributed by atoms with Gasteiger partial charge in [0.1, 0.15) is 11.6 Å². The van der Waals surface area contributed by atoms with Crippen molar-refractivity contribution in [1.82, 2.24) is 4.98 Å². The lowest BCUT2D eigenvalue weighted by Gasteiger charge is -2.12. The van der Waals surface area contributed by atoms with Crippen molar-refractivity contribution in [2.75, 3.05) is 10.7 Å². The van der Waals surface area contributed by atoms with Crippen LogP contribution >= 0.6 is 27.5 Å². The highest BCUT2D eigenvalue weighted by molar-refractivity contribution is 9.10. The van der Waals surface area contributed by atoms with Gasteiger partial charge in [-0.1, -0.05) is 33.6 Å². The third kappa shape index (κ3) is 5.31. The van der Waals surface area contributed by atoms with Gasteiger partial charge in [0, 0.05) is 21.8 Å². The molecular formula is C21H15BrClF2N5O. The van der Waals surface area contributed by atoms with E-state index in [4.69, 9.17) is 17.0 Å². The Morgan fingerprint density at radius 2 is 2.00 bits per heavy atom. The average molecular weight is 507 g/mol. The molecule has 3 aromatic rings. The Morgan fingerprint density at radius 3 is 2.68 bits per heavy atom. The standard InChI is InChI=1S/C21H15BrClF2N5O/c1-11-6-16(14-3-2-12(24)7-17(14)22)19(25)9-15(11)21(31)29-13-8-18(23)20(27-10-13)30-28-5-4-26/h2-10,26H,1H3,(H,27,30)(H,29,31)/b26-4?,28-5-. The zero-order valence-electron chi connectivity index (χ0n) is 16.0. The minimum atomic E-state index is -0.622. The van der Waals surface area contributed by atoms with Crippen molar-refractivity contribution >= 4 is 57.4 Å². The zero-order chi connectivity index (χ0) is 22.5. The number of pyridine rings is 1. The van der Waals surface area contributed by atoms with Crippen LogP contribution in [0.1, 0.15) is 15.9 Å². The molecule has 0 bridgehead atoms. The molecule has 3 rings (SSSR count). The molecule has 31 heavy (non-hydrogen) atoms. The number of nitrogens with one attached hydrogen (secondary N) is 3. The Bertz CT molecular complexity index is 1200. The van der Waals surface area contributed by atoms with Gasteiger partial charge in [-0.05, 0) is 48.4 Å². The maximum atomic E-state index is 14.8. The van der Waals surface area contributed by atoms with Crippen LogP contribution in [-0.4, -0.2) is 23.3 Å². The van der Waals surface area contributed by atoms with Crippen LogP contribution in [0.2, 0.25) is 5.02 Å². The molecule has 1 aromatic heterocycles. The first kappa shape index (κ1) is 22.5. The lowest BCUT2D eigenvalue weighted by Crippen LogP contribution is -2.14. The van der Waals surface area contributed by atoms with Crippen molar-refractivity contribution in [3.63, 3.8) is 0 Å².